The molecule has 1 aromatic rings. The van der Waals surface area contributed by atoms with Crippen LogP contribution in [0.25, 0.3) is 6.08 Å². The Balaban J connectivity index is 1.70. The van der Waals surface area contributed by atoms with Gasteiger partial charge in [0, 0.05) is 10.3 Å². The highest BCUT2D eigenvalue weighted by atomic mass is 32.2. The van der Waals surface area contributed by atoms with Gasteiger partial charge in [-0.1, -0.05) is 30.0 Å². The van der Waals surface area contributed by atoms with Crippen LogP contribution in [0, 0.1) is 0 Å². The summed E-state index contributed by atoms with van der Waals surface area (Å²) in [7, 11) is -3.26. The zero-order valence-electron chi connectivity index (χ0n) is 13.0. The molecule has 0 spiro atoms. The summed E-state index contributed by atoms with van der Waals surface area (Å²) in [6, 6.07) is 2.37. The molecule has 2 amide bonds. The monoisotopic (exact) mass is 414 g/mol. The number of hydrogen-bond donors (Lipinski definition) is 1. The summed E-state index contributed by atoms with van der Waals surface area (Å²) in [6.45, 7) is 1.57. The molecule has 1 N–H and O–H groups in total. The van der Waals surface area contributed by atoms with Crippen molar-refractivity contribution in [1.29, 1.82) is 0 Å². The standard InChI is InChI=1S/C15H14N2O4S4/c1-9(13(18)16-10-4-6-25(20,21)8-10)17-14(19)12(24-15(17)22)7-11-3-2-5-23-11/h2-7,9-10H,8H2,1H3,(H,16,18)/b12-7-. The van der Waals surface area contributed by atoms with Crippen molar-refractivity contribution in [2.24, 2.45) is 0 Å². The number of thiophene rings is 1. The number of nitrogens with zero attached hydrogens (tertiary/aromatic N) is 1. The minimum atomic E-state index is -3.26. The Kier molecular flexibility index (Phi) is 5.14. The SMILES string of the molecule is CC(C(=O)NC1C=CS(=O)(=O)C1)N1C(=O)/C(=C/c2cccs2)SC1=S. The molecule has 1 aromatic heterocycles. The molecule has 2 aliphatic heterocycles. The highest BCUT2D eigenvalue weighted by Gasteiger charge is 2.39. The molecule has 0 aliphatic carbocycles. The summed E-state index contributed by atoms with van der Waals surface area (Å²) in [6.07, 6.45) is 3.18. The third-order valence-electron chi connectivity index (χ3n) is 3.66. The fourth-order valence-corrected chi connectivity index (χ4v) is 5.78. The van der Waals surface area contributed by atoms with E-state index in [4.69, 9.17) is 12.2 Å². The first kappa shape index (κ1) is 18.3. The summed E-state index contributed by atoms with van der Waals surface area (Å²) in [5.74, 6) is -0.927. The van der Waals surface area contributed by atoms with Crippen molar-refractivity contribution in [3.63, 3.8) is 0 Å². The van der Waals surface area contributed by atoms with E-state index in [-0.39, 0.29) is 11.7 Å². The average molecular weight is 415 g/mol. The first-order valence-corrected chi connectivity index (χ1v) is 11.1. The van der Waals surface area contributed by atoms with Crippen LogP contribution in [0.4, 0.5) is 0 Å². The van der Waals surface area contributed by atoms with Crippen LogP contribution in [0.15, 0.2) is 33.9 Å². The van der Waals surface area contributed by atoms with Gasteiger partial charge in [0.2, 0.25) is 5.91 Å². The van der Waals surface area contributed by atoms with Gasteiger partial charge in [0.25, 0.3) is 5.91 Å². The van der Waals surface area contributed by atoms with E-state index in [0.29, 0.717) is 9.23 Å². The maximum absolute atomic E-state index is 12.6. The molecule has 3 rings (SSSR count). The number of thioether (sulfide) groups is 1. The second-order valence-electron chi connectivity index (χ2n) is 5.52. The molecule has 2 aliphatic rings. The molecule has 1 saturated heterocycles. The summed E-state index contributed by atoms with van der Waals surface area (Å²) in [5.41, 5.74) is 0. The van der Waals surface area contributed by atoms with Crippen LogP contribution in [0.3, 0.4) is 0 Å². The van der Waals surface area contributed by atoms with Crippen LogP contribution in [-0.2, 0) is 19.4 Å². The molecule has 25 heavy (non-hydrogen) atoms. The van der Waals surface area contributed by atoms with Crippen molar-refractivity contribution < 1.29 is 18.0 Å². The van der Waals surface area contributed by atoms with Crippen molar-refractivity contribution in [3.8, 4) is 0 Å². The molecule has 0 radical (unpaired) electrons. The number of sulfone groups is 1. The van der Waals surface area contributed by atoms with Crippen molar-refractivity contribution in [2.75, 3.05) is 5.75 Å². The number of hydrogen-bond acceptors (Lipinski definition) is 7. The predicted molar refractivity (Wildman–Crippen MR) is 104 cm³/mol. The fraction of sp³-hybridized carbons (Fsp3) is 0.267. The van der Waals surface area contributed by atoms with Crippen molar-refractivity contribution in [1.82, 2.24) is 10.2 Å². The topological polar surface area (TPSA) is 83.6 Å². The highest BCUT2D eigenvalue weighted by Crippen LogP contribution is 2.34. The number of nitrogens with one attached hydrogen (secondary N) is 1. The molecule has 0 aromatic carbocycles. The van der Waals surface area contributed by atoms with Crippen molar-refractivity contribution >= 4 is 67.4 Å². The largest absolute Gasteiger partial charge is 0.347 e. The van der Waals surface area contributed by atoms with E-state index in [1.54, 1.807) is 13.0 Å². The number of carbonyl (C=O) groups is 2. The Morgan fingerprint density at radius 2 is 2.28 bits per heavy atom. The second kappa shape index (κ2) is 7.02. The number of carbonyl (C=O) groups excluding carboxylic acids is 2. The molecule has 10 heteroatoms. The first-order chi connectivity index (χ1) is 11.8. The molecule has 2 unspecified atom stereocenters. The molecule has 1 fully saturated rings. The lowest BCUT2D eigenvalue weighted by Crippen LogP contribution is -2.49. The minimum absolute atomic E-state index is 0.165. The van der Waals surface area contributed by atoms with Gasteiger partial charge in [-0.3, -0.25) is 14.5 Å². The average Bonchev–Trinajstić information content (AvgIpc) is 3.21. The van der Waals surface area contributed by atoms with Crippen LogP contribution in [0.5, 0.6) is 0 Å². The Bertz CT molecular complexity index is 887. The van der Waals surface area contributed by atoms with E-state index in [0.717, 1.165) is 22.0 Å². The summed E-state index contributed by atoms with van der Waals surface area (Å²) in [4.78, 5) is 27.6. The lowest BCUT2D eigenvalue weighted by atomic mass is 10.2. The zero-order valence-corrected chi connectivity index (χ0v) is 16.3. The third-order valence-corrected chi connectivity index (χ3v) is 7.21. The zero-order chi connectivity index (χ0) is 18.2. The molecule has 3 heterocycles. The summed E-state index contributed by atoms with van der Waals surface area (Å²) >= 11 is 7.90. The molecular weight excluding hydrogens is 400 g/mol. The van der Waals surface area contributed by atoms with Gasteiger partial charge in [0.15, 0.2) is 9.84 Å². The van der Waals surface area contributed by atoms with Gasteiger partial charge in [-0.2, -0.15) is 0 Å². The van der Waals surface area contributed by atoms with E-state index >= 15 is 0 Å². The van der Waals surface area contributed by atoms with Gasteiger partial charge in [-0.05, 0) is 30.5 Å². The first-order valence-electron chi connectivity index (χ1n) is 7.29. The fourth-order valence-electron chi connectivity index (χ4n) is 2.40. The van der Waals surface area contributed by atoms with Crippen LogP contribution >= 0.6 is 35.3 Å². The van der Waals surface area contributed by atoms with E-state index in [1.807, 2.05) is 17.5 Å². The van der Waals surface area contributed by atoms with E-state index < -0.39 is 27.8 Å². The predicted octanol–water partition coefficient (Wildman–Crippen LogP) is 1.76. The Hall–Kier alpha value is -1.49. The van der Waals surface area contributed by atoms with Gasteiger partial charge in [-0.15, -0.1) is 11.3 Å². The normalized spacial score (nSPS) is 24.9. The molecular formula is C15H14N2O4S4. The third kappa shape index (κ3) is 4.02. The highest BCUT2D eigenvalue weighted by molar-refractivity contribution is 8.26. The quantitative estimate of drug-likeness (QED) is 0.597. The van der Waals surface area contributed by atoms with E-state index in [2.05, 4.69) is 5.32 Å². The van der Waals surface area contributed by atoms with Gasteiger partial charge < -0.3 is 5.32 Å². The van der Waals surface area contributed by atoms with Crippen LogP contribution in [-0.4, -0.2) is 47.3 Å². The van der Waals surface area contributed by atoms with Gasteiger partial charge >= 0.3 is 0 Å². The van der Waals surface area contributed by atoms with Crippen LogP contribution in [0.1, 0.15) is 11.8 Å². The van der Waals surface area contributed by atoms with Crippen LogP contribution < -0.4 is 5.32 Å². The summed E-state index contributed by atoms with van der Waals surface area (Å²) < 4.78 is 23.1. The second-order valence-corrected chi connectivity index (χ2v) is 10.1. The number of amides is 2. The van der Waals surface area contributed by atoms with E-state index in [1.165, 1.54) is 22.3 Å². The number of rotatable bonds is 4. The van der Waals surface area contributed by atoms with Gasteiger partial charge in [-0.25, -0.2) is 8.42 Å². The van der Waals surface area contributed by atoms with Gasteiger partial charge in [0.05, 0.1) is 16.7 Å². The van der Waals surface area contributed by atoms with Crippen LogP contribution in [0.2, 0.25) is 0 Å². The maximum Gasteiger partial charge on any atom is 0.266 e. The van der Waals surface area contributed by atoms with E-state index in [9.17, 15) is 18.0 Å². The van der Waals surface area contributed by atoms with Crippen molar-refractivity contribution in [3.05, 3.63) is 38.8 Å². The molecule has 2 atom stereocenters. The number of thiocarbonyl (C=S) groups is 1. The Morgan fingerprint density at radius 1 is 1.52 bits per heavy atom. The minimum Gasteiger partial charge on any atom is -0.347 e. The van der Waals surface area contributed by atoms with Crippen molar-refractivity contribution in [2.45, 2.75) is 19.0 Å². The lowest BCUT2D eigenvalue weighted by Gasteiger charge is -2.23. The summed E-state index contributed by atoms with van der Waals surface area (Å²) in [5, 5.41) is 5.63. The Labute approximate surface area is 158 Å². The lowest BCUT2D eigenvalue weighted by molar-refractivity contribution is -0.132. The molecule has 6 nitrogen and oxygen atoms in total. The Morgan fingerprint density at radius 3 is 2.88 bits per heavy atom. The maximum atomic E-state index is 12.6. The van der Waals surface area contributed by atoms with Gasteiger partial charge in [0.1, 0.15) is 10.4 Å². The molecule has 0 saturated carbocycles. The molecule has 0 bridgehead atoms. The smallest absolute Gasteiger partial charge is 0.266 e. The molecule has 132 valence electrons.